The van der Waals surface area contributed by atoms with Crippen LogP contribution in [0.25, 0.3) is 11.6 Å². The standard InChI is InChI=1S/C25H21NO4/c1-16-7-6-8-18(13-16)26-24(27)20-10-5-4-9-19(20)21(25(26)28)14-17-11-12-22(29-2)23(15-17)30-3/h4-15H,1-3H3/b21-14-. The molecule has 1 heterocycles. The number of benzene rings is 3. The van der Waals surface area contributed by atoms with Gasteiger partial charge in [0.1, 0.15) is 0 Å². The maximum Gasteiger partial charge on any atom is 0.265 e. The largest absolute Gasteiger partial charge is 0.493 e. The lowest BCUT2D eigenvalue weighted by molar-refractivity contribution is -0.112. The summed E-state index contributed by atoms with van der Waals surface area (Å²) in [5.74, 6) is 0.478. The highest BCUT2D eigenvalue weighted by atomic mass is 16.5. The van der Waals surface area contributed by atoms with Gasteiger partial charge >= 0.3 is 0 Å². The van der Waals surface area contributed by atoms with E-state index in [0.29, 0.717) is 33.9 Å². The molecule has 4 rings (SSSR count). The molecule has 5 heteroatoms. The van der Waals surface area contributed by atoms with E-state index < -0.39 is 0 Å². The van der Waals surface area contributed by atoms with Crippen molar-refractivity contribution in [3.63, 3.8) is 0 Å². The predicted molar refractivity (Wildman–Crippen MR) is 117 cm³/mol. The minimum absolute atomic E-state index is 0.328. The first-order chi connectivity index (χ1) is 14.5. The molecule has 0 saturated heterocycles. The molecule has 3 aromatic rings. The van der Waals surface area contributed by atoms with Crippen molar-refractivity contribution in [2.75, 3.05) is 19.1 Å². The Labute approximate surface area is 175 Å². The fraction of sp³-hybridized carbons (Fsp3) is 0.120. The van der Waals surface area contributed by atoms with Crippen LogP contribution in [0.15, 0.2) is 66.7 Å². The van der Waals surface area contributed by atoms with Crippen LogP contribution in [0, 0.1) is 6.92 Å². The highest BCUT2D eigenvalue weighted by Gasteiger charge is 2.35. The van der Waals surface area contributed by atoms with E-state index in [1.807, 2.05) is 37.3 Å². The number of rotatable bonds is 4. The lowest BCUT2D eigenvalue weighted by Gasteiger charge is -2.29. The van der Waals surface area contributed by atoms with E-state index in [-0.39, 0.29) is 11.8 Å². The third-order valence-electron chi connectivity index (χ3n) is 5.06. The number of carbonyl (C=O) groups excluding carboxylic acids is 2. The number of aryl methyl sites for hydroxylation is 1. The lowest BCUT2D eigenvalue weighted by atomic mass is 9.91. The van der Waals surface area contributed by atoms with Gasteiger partial charge in [-0.3, -0.25) is 9.59 Å². The number of methoxy groups -OCH3 is 2. The molecule has 2 amide bonds. The molecule has 0 fully saturated rings. The molecule has 0 N–H and O–H groups in total. The molecule has 0 atom stereocenters. The Morgan fingerprint density at radius 3 is 2.20 bits per heavy atom. The third-order valence-corrected chi connectivity index (χ3v) is 5.06. The molecule has 0 aliphatic carbocycles. The molecule has 5 nitrogen and oxygen atoms in total. The van der Waals surface area contributed by atoms with Crippen LogP contribution in [0.1, 0.15) is 27.0 Å². The van der Waals surface area contributed by atoms with E-state index >= 15 is 0 Å². The number of ether oxygens (including phenoxy) is 2. The van der Waals surface area contributed by atoms with E-state index in [9.17, 15) is 9.59 Å². The highest BCUT2D eigenvalue weighted by Crippen LogP contribution is 2.35. The zero-order valence-electron chi connectivity index (χ0n) is 17.0. The monoisotopic (exact) mass is 399 g/mol. The molecule has 1 aliphatic rings. The van der Waals surface area contributed by atoms with Crippen LogP contribution < -0.4 is 14.4 Å². The number of fused-ring (bicyclic) bond motifs is 1. The van der Waals surface area contributed by atoms with Crippen molar-refractivity contribution >= 4 is 29.2 Å². The van der Waals surface area contributed by atoms with Gasteiger partial charge < -0.3 is 9.47 Å². The van der Waals surface area contributed by atoms with Gasteiger partial charge in [-0.05, 0) is 60.0 Å². The molecule has 1 aliphatic heterocycles. The smallest absolute Gasteiger partial charge is 0.265 e. The molecule has 0 spiro atoms. The second-order valence-corrected chi connectivity index (χ2v) is 7.00. The number of hydrogen-bond donors (Lipinski definition) is 0. The Morgan fingerprint density at radius 1 is 0.767 bits per heavy atom. The van der Waals surface area contributed by atoms with Crippen LogP contribution in [0.5, 0.6) is 11.5 Å². The summed E-state index contributed by atoms with van der Waals surface area (Å²) in [4.78, 5) is 27.9. The summed E-state index contributed by atoms with van der Waals surface area (Å²) < 4.78 is 10.7. The maximum absolute atomic E-state index is 13.5. The first-order valence-corrected chi connectivity index (χ1v) is 9.52. The van der Waals surface area contributed by atoms with Crippen LogP contribution in [0.4, 0.5) is 5.69 Å². The van der Waals surface area contributed by atoms with Gasteiger partial charge in [-0.1, -0.05) is 36.4 Å². The van der Waals surface area contributed by atoms with Gasteiger partial charge in [0.05, 0.1) is 19.9 Å². The lowest BCUT2D eigenvalue weighted by Crippen LogP contribution is -2.41. The van der Waals surface area contributed by atoms with Crippen molar-refractivity contribution in [3.05, 3.63) is 89.0 Å². The first kappa shape index (κ1) is 19.5. The summed E-state index contributed by atoms with van der Waals surface area (Å²) in [5, 5.41) is 0. The molecule has 0 radical (unpaired) electrons. The number of anilines is 1. The number of amides is 2. The number of carbonyl (C=O) groups is 2. The summed E-state index contributed by atoms with van der Waals surface area (Å²) in [6, 6.07) is 20.0. The van der Waals surface area contributed by atoms with Gasteiger partial charge in [-0.15, -0.1) is 0 Å². The topological polar surface area (TPSA) is 55.8 Å². The Bertz CT molecular complexity index is 1180. The molecule has 0 unspecified atom stereocenters. The number of hydrogen-bond acceptors (Lipinski definition) is 4. The quantitative estimate of drug-likeness (QED) is 0.470. The molecular formula is C25H21NO4. The van der Waals surface area contributed by atoms with Gasteiger partial charge in [0, 0.05) is 11.1 Å². The molecular weight excluding hydrogens is 378 g/mol. The summed E-state index contributed by atoms with van der Waals surface area (Å²) in [7, 11) is 3.14. The Hall–Kier alpha value is -3.86. The van der Waals surface area contributed by atoms with E-state index in [1.165, 1.54) is 4.90 Å². The molecule has 30 heavy (non-hydrogen) atoms. The third kappa shape index (κ3) is 3.35. The summed E-state index contributed by atoms with van der Waals surface area (Å²) in [6.07, 6.45) is 1.78. The van der Waals surface area contributed by atoms with Crippen LogP contribution in [-0.2, 0) is 4.79 Å². The van der Waals surface area contributed by atoms with Gasteiger partial charge in [0.25, 0.3) is 11.8 Å². The van der Waals surface area contributed by atoms with Crippen molar-refractivity contribution in [1.29, 1.82) is 0 Å². The zero-order chi connectivity index (χ0) is 21.3. The van der Waals surface area contributed by atoms with Crippen molar-refractivity contribution in [3.8, 4) is 11.5 Å². The van der Waals surface area contributed by atoms with Gasteiger partial charge in [0.2, 0.25) is 0 Å². The Morgan fingerprint density at radius 2 is 1.50 bits per heavy atom. The van der Waals surface area contributed by atoms with Gasteiger partial charge in [-0.2, -0.15) is 0 Å². The van der Waals surface area contributed by atoms with E-state index in [4.69, 9.17) is 9.47 Å². The minimum Gasteiger partial charge on any atom is -0.493 e. The fourth-order valence-corrected chi connectivity index (χ4v) is 3.60. The van der Waals surface area contributed by atoms with E-state index in [1.54, 1.807) is 56.7 Å². The van der Waals surface area contributed by atoms with Crippen molar-refractivity contribution in [1.82, 2.24) is 0 Å². The Kier molecular flexibility index (Phi) is 5.11. The van der Waals surface area contributed by atoms with Gasteiger partial charge in [0.15, 0.2) is 11.5 Å². The highest BCUT2D eigenvalue weighted by molar-refractivity contribution is 6.43. The van der Waals surface area contributed by atoms with E-state index in [0.717, 1.165) is 11.1 Å². The molecule has 150 valence electrons. The minimum atomic E-state index is -0.362. The molecule has 0 saturated carbocycles. The number of imide groups is 1. The van der Waals surface area contributed by atoms with Crippen molar-refractivity contribution in [2.45, 2.75) is 6.92 Å². The fourth-order valence-electron chi connectivity index (χ4n) is 3.60. The SMILES string of the molecule is COc1ccc(/C=C2\C(=O)N(c3cccc(C)c3)C(=O)c3ccccc32)cc1OC. The van der Waals surface area contributed by atoms with Crippen LogP contribution in [0.2, 0.25) is 0 Å². The molecule has 0 aromatic heterocycles. The molecule has 0 bridgehead atoms. The summed E-state index contributed by atoms with van der Waals surface area (Å²) in [6.45, 7) is 1.93. The maximum atomic E-state index is 13.5. The summed E-state index contributed by atoms with van der Waals surface area (Å²) in [5.41, 5.74) is 3.84. The van der Waals surface area contributed by atoms with Crippen molar-refractivity contribution in [2.24, 2.45) is 0 Å². The second-order valence-electron chi connectivity index (χ2n) is 7.00. The predicted octanol–water partition coefficient (Wildman–Crippen LogP) is 4.74. The van der Waals surface area contributed by atoms with Crippen LogP contribution in [0.3, 0.4) is 0 Å². The number of nitrogens with zero attached hydrogens (tertiary/aromatic N) is 1. The summed E-state index contributed by atoms with van der Waals surface area (Å²) >= 11 is 0. The van der Waals surface area contributed by atoms with Crippen LogP contribution >= 0.6 is 0 Å². The zero-order valence-corrected chi connectivity index (χ0v) is 17.0. The normalized spacial score (nSPS) is 14.6. The molecule has 3 aromatic carbocycles. The second kappa shape index (κ2) is 7.87. The van der Waals surface area contributed by atoms with Crippen molar-refractivity contribution < 1.29 is 19.1 Å². The van der Waals surface area contributed by atoms with E-state index in [2.05, 4.69) is 0 Å². The average molecular weight is 399 g/mol. The van der Waals surface area contributed by atoms with Crippen LogP contribution in [-0.4, -0.2) is 26.0 Å². The van der Waals surface area contributed by atoms with Gasteiger partial charge in [-0.25, -0.2) is 4.90 Å². The Balaban J connectivity index is 1.88. The first-order valence-electron chi connectivity index (χ1n) is 9.52. The average Bonchev–Trinajstić information content (AvgIpc) is 2.76.